The lowest BCUT2D eigenvalue weighted by Gasteiger charge is -2.44. The van der Waals surface area contributed by atoms with Crippen LogP contribution in [0.3, 0.4) is 0 Å². The number of benzene rings is 2. The fourth-order valence-electron chi connectivity index (χ4n) is 8.46. The van der Waals surface area contributed by atoms with E-state index in [1.807, 2.05) is 4.90 Å². The Balaban J connectivity index is 1.36. The smallest absolute Gasteiger partial charge is 0.319 e. The van der Waals surface area contributed by atoms with Crippen molar-refractivity contribution in [2.24, 2.45) is 5.92 Å². The molecule has 9 nitrogen and oxygen atoms in total. The molecule has 4 aliphatic heterocycles. The van der Waals surface area contributed by atoms with Crippen LogP contribution in [-0.2, 0) is 0 Å². The largest absolute Gasteiger partial charge is 0.491 e. The standard InChI is InChI=1S/C34H35ClF2N6O3S/c1-17-12-34(8-3-10-42(34)14-17)16-46-32-40-27-24-28(45-11-7-18-6-9-33(2,44)15-43(18)31(24)41-32)25(35)23(26(27)37)19-4-5-21(36)29-22(19)20(13-38)30(39)47-29/h4-5,17-18,44H,3,6-12,14-16,39H2,1-2H3/t17-,18?,33?,34?/m1/s1. The fourth-order valence-corrected chi connectivity index (χ4v) is 9.75. The molecule has 0 aliphatic carbocycles. The van der Waals surface area contributed by atoms with E-state index in [2.05, 4.69) is 22.9 Å². The van der Waals surface area contributed by atoms with Gasteiger partial charge in [0.2, 0.25) is 0 Å². The molecule has 0 radical (unpaired) electrons. The van der Waals surface area contributed by atoms with E-state index in [1.54, 1.807) is 6.92 Å². The highest BCUT2D eigenvalue weighted by Crippen LogP contribution is 2.51. The van der Waals surface area contributed by atoms with Crippen LogP contribution >= 0.6 is 22.9 Å². The van der Waals surface area contributed by atoms with E-state index in [1.165, 1.54) is 12.1 Å². The molecule has 3 N–H and O–H groups in total. The van der Waals surface area contributed by atoms with Crippen molar-refractivity contribution in [1.82, 2.24) is 14.9 Å². The lowest BCUT2D eigenvalue weighted by molar-refractivity contribution is 0.0339. The minimum absolute atomic E-state index is 0.0147. The molecular weight excluding hydrogens is 646 g/mol. The van der Waals surface area contributed by atoms with Crippen LogP contribution in [-0.4, -0.2) is 70.0 Å². The average molecular weight is 681 g/mol. The highest BCUT2D eigenvalue weighted by atomic mass is 35.5. The van der Waals surface area contributed by atoms with Crippen molar-refractivity contribution in [2.75, 3.05) is 43.5 Å². The zero-order valence-electron chi connectivity index (χ0n) is 26.2. The molecule has 8 rings (SSSR count). The number of hydrogen-bond donors (Lipinski definition) is 2. The van der Waals surface area contributed by atoms with Crippen LogP contribution in [0, 0.1) is 28.9 Å². The normalized spacial score (nSPS) is 27.3. The molecule has 0 bridgehead atoms. The van der Waals surface area contributed by atoms with Crippen LogP contribution < -0.4 is 20.1 Å². The molecule has 0 saturated carbocycles. The molecular formula is C34H35ClF2N6O3S. The number of ether oxygens (including phenoxy) is 2. The number of hydrogen-bond acceptors (Lipinski definition) is 10. The van der Waals surface area contributed by atoms with Gasteiger partial charge in [0, 0.05) is 36.5 Å². The predicted octanol–water partition coefficient (Wildman–Crippen LogP) is 6.65. The lowest BCUT2D eigenvalue weighted by Crippen LogP contribution is -2.52. The summed E-state index contributed by atoms with van der Waals surface area (Å²) < 4.78 is 45.1. The molecule has 4 aliphatic rings. The maximum absolute atomic E-state index is 17.2. The van der Waals surface area contributed by atoms with Crippen LogP contribution in [0.25, 0.3) is 32.1 Å². The summed E-state index contributed by atoms with van der Waals surface area (Å²) in [5, 5.41) is 21.7. The minimum atomic E-state index is -0.993. The SMILES string of the molecule is C[C@H]1CN2CCCC2(COc2nc3c4c(c(Cl)c(-c5ccc(F)c6sc(N)c(C#N)c56)c(F)c4n2)OCCC2CCC(C)(O)CN32)C1. The third kappa shape index (κ3) is 4.80. The molecule has 3 saturated heterocycles. The molecule has 13 heteroatoms. The fraction of sp³-hybridized carbons (Fsp3) is 0.500. The third-order valence-electron chi connectivity index (χ3n) is 10.6. The Hall–Kier alpha value is -3.50. The summed E-state index contributed by atoms with van der Waals surface area (Å²) in [5.41, 5.74) is 5.12. The third-order valence-corrected chi connectivity index (χ3v) is 11.9. The molecule has 246 valence electrons. The summed E-state index contributed by atoms with van der Waals surface area (Å²) in [6, 6.07) is 4.69. The van der Waals surface area contributed by atoms with E-state index in [0.717, 1.165) is 43.7 Å². The van der Waals surface area contributed by atoms with E-state index in [9.17, 15) is 10.4 Å². The first-order valence-electron chi connectivity index (χ1n) is 16.1. The van der Waals surface area contributed by atoms with Crippen LogP contribution in [0.15, 0.2) is 12.1 Å². The molecule has 0 spiro atoms. The zero-order valence-corrected chi connectivity index (χ0v) is 27.8. The van der Waals surface area contributed by atoms with E-state index < -0.39 is 17.2 Å². The summed E-state index contributed by atoms with van der Waals surface area (Å²) in [7, 11) is 0. The van der Waals surface area contributed by atoms with Gasteiger partial charge in [0.25, 0.3) is 0 Å². The van der Waals surface area contributed by atoms with Gasteiger partial charge in [-0.2, -0.15) is 15.2 Å². The van der Waals surface area contributed by atoms with Gasteiger partial charge in [-0.05, 0) is 63.1 Å². The number of fused-ring (bicyclic) bond motifs is 4. The highest BCUT2D eigenvalue weighted by molar-refractivity contribution is 7.23. The number of aliphatic hydroxyl groups is 1. The summed E-state index contributed by atoms with van der Waals surface area (Å²) in [4.78, 5) is 14.1. The molecule has 4 aromatic rings. The molecule has 3 fully saturated rings. The monoisotopic (exact) mass is 680 g/mol. The van der Waals surface area contributed by atoms with Crippen LogP contribution in [0.1, 0.15) is 57.9 Å². The predicted molar refractivity (Wildman–Crippen MR) is 178 cm³/mol. The topological polar surface area (TPSA) is 121 Å². The minimum Gasteiger partial charge on any atom is -0.491 e. The van der Waals surface area contributed by atoms with Crippen molar-refractivity contribution < 1.29 is 23.4 Å². The number of nitrogen functional groups attached to an aromatic ring is 1. The Morgan fingerprint density at radius 1 is 1.26 bits per heavy atom. The first-order valence-corrected chi connectivity index (χ1v) is 17.3. The summed E-state index contributed by atoms with van der Waals surface area (Å²) >= 11 is 7.99. The Bertz CT molecular complexity index is 2000. The number of halogens is 3. The van der Waals surface area contributed by atoms with Gasteiger partial charge < -0.3 is 25.2 Å². The van der Waals surface area contributed by atoms with Crippen molar-refractivity contribution in [3.05, 3.63) is 34.4 Å². The molecule has 3 unspecified atom stereocenters. The van der Waals surface area contributed by atoms with Gasteiger partial charge in [0.1, 0.15) is 34.8 Å². The number of nitriles is 1. The molecule has 2 aromatic heterocycles. The summed E-state index contributed by atoms with van der Waals surface area (Å²) in [6.45, 7) is 7.00. The van der Waals surface area contributed by atoms with Crippen molar-refractivity contribution in [3.63, 3.8) is 0 Å². The molecule has 2 aromatic carbocycles. The second-order valence-electron chi connectivity index (χ2n) is 14.0. The molecule has 4 atom stereocenters. The number of thiophene rings is 1. The van der Waals surface area contributed by atoms with E-state index in [-0.39, 0.29) is 84.2 Å². The van der Waals surface area contributed by atoms with Gasteiger partial charge in [0.05, 0.1) is 38.4 Å². The van der Waals surface area contributed by atoms with Crippen LogP contribution in [0.4, 0.5) is 19.6 Å². The van der Waals surface area contributed by atoms with E-state index in [0.29, 0.717) is 37.6 Å². The number of aromatic nitrogens is 2. The second-order valence-corrected chi connectivity index (χ2v) is 15.4. The maximum Gasteiger partial charge on any atom is 0.319 e. The summed E-state index contributed by atoms with van der Waals surface area (Å²) in [6.07, 6.45) is 5.02. The number of rotatable bonds is 4. The quantitative estimate of drug-likeness (QED) is 0.244. The van der Waals surface area contributed by atoms with Gasteiger partial charge in [-0.15, -0.1) is 11.3 Å². The lowest BCUT2D eigenvalue weighted by atomic mass is 9.88. The van der Waals surface area contributed by atoms with Crippen molar-refractivity contribution in [2.45, 2.75) is 69.6 Å². The molecule has 6 heterocycles. The first-order chi connectivity index (χ1) is 22.5. The van der Waals surface area contributed by atoms with Crippen molar-refractivity contribution >= 4 is 54.7 Å². The maximum atomic E-state index is 17.2. The Morgan fingerprint density at radius 2 is 2.09 bits per heavy atom. The average Bonchev–Trinajstić information content (AvgIpc) is 3.67. The van der Waals surface area contributed by atoms with Crippen LogP contribution in [0.2, 0.25) is 5.02 Å². The van der Waals surface area contributed by atoms with Gasteiger partial charge in [-0.1, -0.05) is 24.6 Å². The van der Waals surface area contributed by atoms with E-state index in [4.69, 9.17) is 31.8 Å². The van der Waals surface area contributed by atoms with Crippen LogP contribution in [0.5, 0.6) is 11.8 Å². The Morgan fingerprint density at radius 3 is 2.89 bits per heavy atom. The number of piperidine rings is 1. The van der Waals surface area contributed by atoms with Gasteiger partial charge in [0.15, 0.2) is 11.6 Å². The second kappa shape index (κ2) is 11.0. The van der Waals surface area contributed by atoms with Crippen molar-refractivity contribution in [1.29, 1.82) is 5.26 Å². The van der Waals surface area contributed by atoms with Gasteiger partial charge >= 0.3 is 6.01 Å². The van der Waals surface area contributed by atoms with Gasteiger partial charge in [-0.25, -0.2) is 8.78 Å². The van der Waals surface area contributed by atoms with Gasteiger partial charge in [-0.3, -0.25) is 4.90 Å². The highest BCUT2D eigenvalue weighted by Gasteiger charge is 2.48. The van der Waals surface area contributed by atoms with E-state index >= 15 is 8.78 Å². The molecule has 0 amide bonds. The Labute approximate surface area is 279 Å². The number of nitrogens with two attached hydrogens (primary N) is 1. The van der Waals surface area contributed by atoms with Crippen molar-refractivity contribution in [3.8, 4) is 29.0 Å². The summed E-state index contributed by atoms with van der Waals surface area (Å²) in [5.74, 6) is -0.231. The zero-order chi connectivity index (χ0) is 32.8. The first kappa shape index (κ1) is 30.8. The number of anilines is 2. The Kier molecular flexibility index (Phi) is 7.22. The number of nitrogens with zero attached hydrogens (tertiary/aromatic N) is 5. The molecule has 47 heavy (non-hydrogen) atoms.